The summed E-state index contributed by atoms with van der Waals surface area (Å²) in [7, 11) is 1.70. The van der Waals surface area contributed by atoms with Gasteiger partial charge >= 0.3 is 0 Å². The molecular formula is C27H24O3. The molecule has 0 aromatic heterocycles. The Balaban J connectivity index is 1.51. The molecule has 2 aliphatic rings. The van der Waals surface area contributed by atoms with Gasteiger partial charge in [0.05, 0.1) is 25.7 Å². The van der Waals surface area contributed by atoms with Crippen LogP contribution in [0.5, 0.6) is 5.75 Å². The maximum Gasteiger partial charge on any atom is 0.204 e. The summed E-state index contributed by atoms with van der Waals surface area (Å²) in [6, 6.07) is 27.9. The van der Waals surface area contributed by atoms with Crippen molar-refractivity contribution >= 4 is 21.5 Å². The minimum atomic E-state index is -0.721. The number of methoxy groups -OCH3 is 1. The van der Waals surface area contributed by atoms with Gasteiger partial charge in [-0.2, -0.15) is 0 Å². The Kier molecular flexibility index (Phi) is 4.08. The number of hydrogen-bond donors (Lipinski definition) is 0. The Bertz CT molecular complexity index is 1230. The van der Waals surface area contributed by atoms with Crippen LogP contribution in [0, 0.1) is 0 Å². The molecule has 3 nitrogen and oxygen atoms in total. The van der Waals surface area contributed by atoms with E-state index in [1.165, 1.54) is 27.1 Å². The predicted octanol–water partition coefficient (Wildman–Crippen LogP) is 6.15. The third-order valence-corrected chi connectivity index (χ3v) is 6.68. The van der Waals surface area contributed by atoms with Gasteiger partial charge in [0.25, 0.3) is 0 Å². The van der Waals surface area contributed by atoms with E-state index in [0.29, 0.717) is 0 Å². The van der Waals surface area contributed by atoms with Gasteiger partial charge in [-0.1, -0.05) is 60.7 Å². The molecule has 4 aromatic rings. The fourth-order valence-corrected chi connectivity index (χ4v) is 5.19. The quantitative estimate of drug-likeness (QED) is 0.389. The van der Waals surface area contributed by atoms with Crippen LogP contribution in [0.4, 0.5) is 0 Å². The Morgan fingerprint density at radius 3 is 2.47 bits per heavy atom. The van der Waals surface area contributed by atoms with Crippen molar-refractivity contribution in [1.82, 2.24) is 0 Å². The van der Waals surface area contributed by atoms with Gasteiger partial charge in [0, 0.05) is 5.56 Å². The van der Waals surface area contributed by atoms with Crippen LogP contribution >= 0.6 is 0 Å². The monoisotopic (exact) mass is 396 g/mol. The van der Waals surface area contributed by atoms with Gasteiger partial charge in [-0.15, -0.1) is 0 Å². The fraction of sp³-hybridized carbons (Fsp3) is 0.259. The molecule has 2 fully saturated rings. The fourth-order valence-electron chi connectivity index (χ4n) is 5.19. The second-order valence-electron chi connectivity index (χ2n) is 8.29. The largest absolute Gasteiger partial charge is 0.497 e. The topological polar surface area (TPSA) is 27.7 Å². The van der Waals surface area contributed by atoms with Gasteiger partial charge in [0.2, 0.25) is 5.79 Å². The van der Waals surface area contributed by atoms with E-state index in [-0.39, 0.29) is 12.0 Å². The van der Waals surface area contributed by atoms with E-state index < -0.39 is 5.79 Å². The Labute approximate surface area is 176 Å². The summed E-state index contributed by atoms with van der Waals surface area (Å²) in [6.07, 6.45) is 2.23. The van der Waals surface area contributed by atoms with Gasteiger partial charge in [-0.3, -0.25) is 0 Å². The molecule has 3 atom stereocenters. The Morgan fingerprint density at radius 2 is 1.63 bits per heavy atom. The third-order valence-electron chi connectivity index (χ3n) is 6.68. The van der Waals surface area contributed by atoms with Crippen molar-refractivity contribution in [3.8, 4) is 5.75 Å². The lowest BCUT2D eigenvalue weighted by molar-refractivity contribution is -0.357. The van der Waals surface area contributed by atoms with Crippen LogP contribution in [0.1, 0.15) is 29.9 Å². The minimum Gasteiger partial charge on any atom is -0.497 e. The zero-order valence-electron chi connectivity index (χ0n) is 17.0. The number of rotatable bonds is 3. The van der Waals surface area contributed by atoms with Crippen molar-refractivity contribution in [2.75, 3.05) is 13.7 Å². The van der Waals surface area contributed by atoms with E-state index in [0.717, 1.165) is 30.8 Å². The lowest BCUT2D eigenvalue weighted by Crippen LogP contribution is -2.55. The highest BCUT2D eigenvalue weighted by atomic mass is 16.7. The van der Waals surface area contributed by atoms with E-state index in [2.05, 4.69) is 66.7 Å². The maximum absolute atomic E-state index is 6.50. The first-order valence-corrected chi connectivity index (χ1v) is 10.7. The van der Waals surface area contributed by atoms with Gasteiger partial charge < -0.3 is 14.2 Å². The molecule has 0 saturated carbocycles. The number of fused-ring (bicyclic) bond motifs is 5. The molecule has 0 amide bonds. The first-order valence-electron chi connectivity index (χ1n) is 10.7. The summed E-state index contributed by atoms with van der Waals surface area (Å²) >= 11 is 0. The second-order valence-corrected chi connectivity index (χ2v) is 8.29. The zero-order chi connectivity index (χ0) is 20.1. The van der Waals surface area contributed by atoms with E-state index in [1.54, 1.807) is 7.11 Å². The van der Waals surface area contributed by atoms with Gasteiger partial charge in [-0.25, -0.2) is 0 Å². The molecule has 2 heterocycles. The highest BCUT2D eigenvalue weighted by Crippen LogP contribution is 2.57. The molecule has 30 heavy (non-hydrogen) atoms. The molecule has 4 aromatic carbocycles. The van der Waals surface area contributed by atoms with Crippen LogP contribution in [-0.4, -0.2) is 19.8 Å². The Morgan fingerprint density at radius 1 is 0.867 bits per heavy atom. The average molecular weight is 396 g/mol. The first-order chi connectivity index (χ1) is 14.8. The molecule has 3 heteroatoms. The average Bonchev–Trinajstić information content (AvgIpc) is 3.13. The van der Waals surface area contributed by atoms with Gasteiger partial charge in [-0.05, 0) is 58.1 Å². The molecule has 0 N–H and O–H groups in total. The van der Waals surface area contributed by atoms with Crippen LogP contribution in [0.25, 0.3) is 21.5 Å². The minimum absolute atomic E-state index is 0.179. The summed E-state index contributed by atoms with van der Waals surface area (Å²) < 4.78 is 18.3. The summed E-state index contributed by atoms with van der Waals surface area (Å²) in [6.45, 7) is 0.719. The van der Waals surface area contributed by atoms with Crippen LogP contribution in [0.2, 0.25) is 0 Å². The summed E-state index contributed by atoms with van der Waals surface area (Å²) in [5.74, 6) is 0.327. The van der Waals surface area contributed by atoms with Crippen LogP contribution < -0.4 is 4.74 Å². The van der Waals surface area contributed by atoms with Crippen molar-refractivity contribution in [3.05, 3.63) is 90.0 Å². The maximum atomic E-state index is 6.50. The predicted molar refractivity (Wildman–Crippen MR) is 119 cm³/mol. The van der Waals surface area contributed by atoms with E-state index >= 15 is 0 Å². The van der Waals surface area contributed by atoms with Crippen molar-refractivity contribution in [2.45, 2.75) is 30.7 Å². The van der Waals surface area contributed by atoms with Crippen molar-refractivity contribution in [1.29, 1.82) is 0 Å². The number of hydrogen-bond acceptors (Lipinski definition) is 3. The lowest BCUT2D eigenvalue weighted by Gasteiger charge is -2.53. The van der Waals surface area contributed by atoms with Crippen LogP contribution in [-0.2, 0) is 15.3 Å². The molecule has 6 rings (SSSR count). The molecule has 0 aliphatic carbocycles. The van der Waals surface area contributed by atoms with Crippen LogP contribution in [0.3, 0.4) is 0 Å². The summed E-state index contributed by atoms with van der Waals surface area (Å²) in [5.41, 5.74) is 2.34. The molecule has 2 saturated heterocycles. The lowest BCUT2D eigenvalue weighted by atomic mass is 9.75. The first kappa shape index (κ1) is 17.9. The third kappa shape index (κ3) is 2.59. The summed E-state index contributed by atoms with van der Waals surface area (Å²) in [5, 5.41) is 4.99. The Hall–Kier alpha value is -2.88. The normalized spacial score (nSPS) is 25.6. The molecular weight excluding hydrogens is 372 g/mol. The van der Waals surface area contributed by atoms with Crippen molar-refractivity contribution in [2.24, 2.45) is 0 Å². The van der Waals surface area contributed by atoms with E-state index in [4.69, 9.17) is 14.2 Å². The molecule has 150 valence electrons. The molecule has 2 bridgehead atoms. The number of benzene rings is 4. The van der Waals surface area contributed by atoms with Crippen LogP contribution in [0.15, 0.2) is 78.9 Å². The van der Waals surface area contributed by atoms with Gasteiger partial charge in [0.1, 0.15) is 5.75 Å². The van der Waals surface area contributed by atoms with Gasteiger partial charge in [0.15, 0.2) is 0 Å². The standard InChI is InChI=1S/C27H24O3/c1-28-22-14-11-20(12-15-22)26-25-7-4-16-29-27(26,30-25)21-13-10-19-9-8-18-5-2-3-6-23(18)24(19)17-21/h2-3,5-6,8-15,17,25-26H,4,7,16H2,1H3. The van der Waals surface area contributed by atoms with E-state index in [1.807, 2.05) is 12.1 Å². The van der Waals surface area contributed by atoms with Crippen molar-refractivity contribution in [3.63, 3.8) is 0 Å². The SMILES string of the molecule is COc1ccc(C2C3CCCOC2(c2ccc4ccc5ccccc5c4c2)O3)cc1. The molecule has 2 aliphatic heterocycles. The smallest absolute Gasteiger partial charge is 0.204 e. The van der Waals surface area contributed by atoms with E-state index in [9.17, 15) is 0 Å². The highest BCUT2D eigenvalue weighted by molar-refractivity contribution is 6.07. The molecule has 3 unspecified atom stereocenters. The molecule has 0 spiro atoms. The summed E-state index contributed by atoms with van der Waals surface area (Å²) in [4.78, 5) is 0. The highest BCUT2D eigenvalue weighted by Gasteiger charge is 2.59. The van der Waals surface area contributed by atoms with Crippen molar-refractivity contribution < 1.29 is 14.2 Å². The number of ether oxygens (including phenoxy) is 3. The molecule has 0 radical (unpaired) electrons. The second kappa shape index (κ2) is 6.83. The zero-order valence-corrected chi connectivity index (χ0v) is 17.0.